The maximum Gasteiger partial charge on any atom is 0.0301 e. The third-order valence-electron chi connectivity index (χ3n) is 2.35. The van der Waals surface area contributed by atoms with Crippen molar-refractivity contribution in [2.75, 3.05) is 13.1 Å². The van der Waals surface area contributed by atoms with E-state index in [0.717, 1.165) is 19.5 Å². The van der Waals surface area contributed by atoms with E-state index in [1.165, 1.54) is 12.8 Å². The van der Waals surface area contributed by atoms with Crippen LogP contribution >= 0.6 is 0 Å². The van der Waals surface area contributed by atoms with Gasteiger partial charge in [0.1, 0.15) is 0 Å². The minimum atomic E-state index is 0.212. The van der Waals surface area contributed by atoms with Crippen molar-refractivity contribution in [1.82, 2.24) is 5.32 Å². The molecule has 0 radical (unpaired) electrons. The van der Waals surface area contributed by atoms with E-state index in [9.17, 15) is 0 Å². The molecule has 0 heterocycles. The van der Waals surface area contributed by atoms with Crippen LogP contribution in [0.3, 0.4) is 0 Å². The van der Waals surface area contributed by atoms with E-state index in [-0.39, 0.29) is 5.54 Å². The van der Waals surface area contributed by atoms with Gasteiger partial charge in [-0.2, -0.15) is 0 Å². The fourth-order valence-electron chi connectivity index (χ4n) is 1.56. The number of likely N-dealkylation sites (N-methyl/N-ethyl adjacent to an activating group) is 1. The summed E-state index contributed by atoms with van der Waals surface area (Å²) in [5.74, 6) is 0. The average molecular weight is 158 g/mol. The SMILES string of the molecule is CCCC(CC)(CN)NCC. The lowest BCUT2D eigenvalue weighted by Crippen LogP contribution is -2.50. The Bertz CT molecular complexity index is 79.6. The van der Waals surface area contributed by atoms with Crippen molar-refractivity contribution < 1.29 is 0 Å². The van der Waals surface area contributed by atoms with Crippen molar-refractivity contribution in [1.29, 1.82) is 0 Å². The van der Waals surface area contributed by atoms with Crippen molar-refractivity contribution in [3.63, 3.8) is 0 Å². The Morgan fingerprint density at radius 2 is 1.91 bits per heavy atom. The van der Waals surface area contributed by atoms with Gasteiger partial charge in [0.2, 0.25) is 0 Å². The Morgan fingerprint density at radius 3 is 2.18 bits per heavy atom. The molecule has 0 saturated carbocycles. The maximum atomic E-state index is 5.73. The second-order valence-corrected chi connectivity index (χ2v) is 3.12. The zero-order valence-corrected chi connectivity index (χ0v) is 8.11. The molecule has 1 unspecified atom stereocenters. The van der Waals surface area contributed by atoms with Crippen LogP contribution in [0.2, 0.25) is 0 Å². The van der Waals surface area contributed by atoms with Gasteiger partial charge in [0, 0.05) is 12.1 Å². The third kappa shape index (κ3) is 3.21. The van der Waals surface area contributed by atoms with Crippen molar-refractivity contribution in [2.45, 2.75) is 45.6 Å². The molecule has 0 bridgehead atoms. The van der Waals surface area contributed by atoms with E-state index in [2.05, 4.69) is 26.1 Å². The first kappa shape index (κ1) is 10.9. The monoisotopic (exact) mass is 158 g/mol. The van der Waals surface area contributed by atoms with Gasteiger partial charge in [-0.25, -0.2) is 0 Å². The number of nitrogens with two attached hydrogens (primary N) is 1. The molecule has 0 amide bonds. The highest BCUT2D eigenvalue weighted by atomic mass is 15.0. The number of hydrogen-bond acceptors (Lipinski definition) is 2. The number of rotatable bonds is 6. The van der Waals surface area contributed by atoms with E-state index in [1.807, 2.05) is 0 Å². The highest BCUT2D eigenvalue weighted by Crippen LogP contribution is 2.15. The van der Waals surface area contributed by atoms with Crippen molar-refractivity contribution in [2.24, 2.45) is 5.73 Å². The zero-order valence-electron chi connectivity index (χ0n) is 8.11. The van der Waals surface area contributed by atoms with Gasteiger partial charge in [0.05, 0.1) is 0 Å². The lowest BCUT2D eigenvalue weighted by atomic mass is 9.91. The van der Waals surface area contributed by atoms with Crippen LogP contribution in [-0.2, 0) is 0 Å². The standard InChI is InChI=1S/C9H22N2/c1-4-7-9(5-2,8-10)11-6-3/h11H,4-8,10H2,1-3H3. The lowest BCUT2D eigenvalue weighted by Gasteiger charge is -2.32. The van der Waals surface area contributed by atoms with Crippen molar-refractivity contribution in [3.8, 4) is 0 Å². The topological polar surface area (TPSA) is 38.0 Å². The molecule has 11 heavy (non-hydrogen) atoms. The van der Waals surface area contributed by atoms with Gasteiger partial charge in [-0.05, 0) is 19.4 Å². The molecule has 2 heteroatoms. The third-order valence-corrected chi connectivity index (χ3v) is 2.35. The van der Waals surface area contributed by atoms with Crippen LogP contribution < -0.4 is 11.1 Å². The minimum Gasteiger partial charge on any atom is -0.329 e. The number of hydrogen-bond donors (Lipinski definition) is 2. The Morgan fingerprint density at radius 1 is 1.27 bits per heavy atom. The molecule has 3 N–H and O–H groups in total. The Balaban J connectivity index is 3.96. The summed E-state index contributed by atoms with van der Waals surface area (Å²) in [6.45, 7) is 8.31. The summed E-state index contributed by atoms with van der Waals surface area (Å²) >= 11 is 0. The molecule has 0 spiro atoms. The molecule has 0 aliphatic heterocycles. The Kier molecular flexibility index (Phi) is 5.51. The molecule has 0 aliphatic rings. The smallest absolute Gasteiger partial charge is 0.0301 e. The average Bonchev–Trinajstić information content (AvgIpc) is 2.04. The lowest BCUT2D eigenvalue weighted by molar-refractivity contribution is 0.302. The van der Waals surface area contributed by atoms with Gasteiger partial charge in [-0.3, -0.25) is 0 Å². The Hall–Kier alpha value is -0.0800. The summed E-state index contributed by atoms with van der Waals surface area (Å²) in [6, 6.07) is 0. The van der Waals surface area contributed by atoms with Gasteiger partial charge in [0.15, 0.2) is 0 Å². The molecule has 68 valence electrons. The maximum absolute atomic E-state index is 5.73. The first-order valence-corrected chi connectivity index (χ1v) is 4.69. The Labute approximate surface area is 70.5 Å². The van der Waals surface area contributed by atoms with Crippen LogP contribution in [0.15, 0.2) is 0 Å². The van der Waals surface area contributed by atoms with Crippen LogP contribution in [0, 0.1) is 0 Å². The summed E-state index contributed by atoms with van der Waals surface area (Å²) in [4.78, 5) is 0. The van der Waals surface area contributed by atoms with Gasteiger partial charge < -0.3 is 11.1 Å². The predicted molar refractivity (Wildman–Crippen MR) is 50.7 cm³/mol. The molecule has 0 rings (SSSR count). The van der Waals surface area contributed by atoms with E-state index >= 15 is 0 Å². The molecule has 0 fully saturated rings. The van der Waals surface area contributed by atoms with Crippen LogP contribution in [0.1, 0.15) is 40.0 Å². The van der Waals surface area contributed by atoms with Crippen LogP contribution in [-0.4, -0.2) is 18.6 Å². The number of nitrogens with one attached hydrogen (secondary N) is 1. The summed E-state index contributed by atoms with van der Waals surface area (Å²) in [6.07, 6.45) is 3.52. The second kappa shape index (κ2) is 5.56. The molecule has 0 saturated heterocycles. The molecule has 2 nitrogen and oxygen atoms in total. The van der Waals surface area contributed by atoms with Gasteiger partial charge in [-0.1, -0.05) is 27.2 Å². The molecule has 1 atom stereocenters. The first-order chi connectivity index (χ1) is 5.24. The molecule has 0 aliphatic carbocycles. The largest absolute Gasteiger partial charge is 0.329 e. The molecular formula is C9H22N2. The van der Waals surface area contributed by atoms with Crippen LogP contribution in [0.5, 0.6) is 0 Å². The molecule has 0 aromatic rings. The normalized spacial score (nSPS) is 16.4. The van der Waals surface area contributed by atoms with Crippen molar-refractivity contribution >= 4 is 0 Å². The van der Waals surface area contributed by atoms with Crippen molar-refractivity contribution in [3.05, 3.63) is 0 Å². The predicted octanol–water partition coefficient (Wildman–Crippen LogP) is 1.50. The molecule has 0 aromatic carbocycles. The summed E-state index contributed by atoms with van der Waals surface area (Å²) in [5.41, 5.74) is 5.94. The van der Waals surface area contributed by atoms with E-state index in [0.29, 0.717) is 0 Å². The van der Waals surface area contributed by atoms with E-state index in [1.54, 1.807) is 0 Å². The zero-order chi connectivity index (χ0) is 8.74. The highest BCUT2D eigenvalue weighted by Gasteiger charge is 2.23. The molecule has 0 aromatic heterocycles. The fourth-order valence-corrected chi connectivity index (χ4v) is 1.56. The van der Waals surface area contributed by atoms with Crippen LogP contribution in [0.4, 0.5) is 0 Å². The fraction of sp³-hybridized carbons (Fsp3) is 1.00. The van der Waals surface area contributed by atoms with Gasteiger partial charge in [0.25, 0.3) is 0 Å². The summed E-state index contributed by atoms with van der Waals surface area (Å²) in [5, 5.41) is 3.47. The summed E-state index contributed by atoms with van der Waals surface area (Å²) < 4.78 is 0. The van der Waals surface area contributed by atoms with Gasteiger partial charge >= 0.3 is 0 Å². The summed E-state index contributed by atoms with van der Waals surface area (Å²) in [7, 11) is 0. The second-order valence-electron chi connectivity index (χ2n) is 3.12. The van der Waals surface area contributed by atoms with E-state index < -0.39 is 0 Å². The van der Waals surface area contributed by atoms with Crippen LogP contribution in [0.25, 0.3) is 0 Å². The van der Waals surface area contributed by atoms with E-state index in [4.69, 9.17) is 5.73 Å². The highest BCUT2D eigenvalue weighted by molar-refractivity contribution is 4.86. The quantitative estimate of drug-likeness (QED) is 0.615. The minimum absolute atomic E-state index is 0.212. The first-order valence-electron chi connectivity index (χ1n) is 4.69. The molecular weight excluding hydrogens is 136 g/mol. The van der Waals surface area contributed by atoms with Gasteiger partial charge in [-0.15, -0.1) is 0 Å².